The summed E-state index contributed by atoms with van der Waals surface area (Å²) in [5, 5.41) is 4.86. The summed E-state index contributed by atoms with van der Waals surface area (Å²) in [6.45, 7) is 2.65. The maximum absolute atomic E-state index is 11.1. The predicted molar refractivity (Wildman–Crippen MR) is 61.3 cm³/mol. The van der Waals surface area contributed by atoms with Crippen LogP contribution in [0, 0.1) is 6.92 Å². The summed E-state index contributed by atoms with van der Waals surface area (Å²) in [4.78, 5) is 12.9. The molecule has 1 aromatic rings. The average molecular weight is 246 g/mol. The quantitative estimate of drug-likeness (QED) is 0.743. The number of nitrogens with zero attached hydrogens (tertiary/aromatic N) is 3. The molecule has 0 N–H and O–H groups in total. The summed E-state index contributed by atoms with van der Waals surface area (Å²) >= 11 is 6.10. The predicted octanol–water partition coefficient (Wildman–Crippen LogP) is 0.987. The fourth-order valence-electron chi connectivity index (χ4n) is 1.45. The van der Waals surface area contributed by atoms with Crippen molar-refractivity contribution in [3.05, 3.63) is 16.4 Å². The number of aromatic nitrogens is 2. The number of aryl methyl sites for hydroxylation is 2. The molecule has 1 aromatic heterocycles. The minimum atomic E-state index is -0.266. The van der Waals surface area contributed by atoms with Gasteiger partial charge >= 0.3 is 5.97 Å². The van der Waals surface area contributed by atoms with Crippen LogP contribution in [0.3, 0.4) is 0 Å². The first-order valence-electron chi connectivity index (χ1n) is 4.89. The van der Waals surface area contributed by atoms with E-state index >= 15 is 0 Å². The van der Waals surface area contributed by atoms with Crippen LogP contribution in [0.4, 0.5) is 0 Å². The number of likely N-dealkylation sites (N-methyl/N-ethyl adjacent to an activating group) is 1. The zero-order valence-electron chi connectivity index (χ0n) is 9.95. The van der Waals surface area contributed by atoms with E-state index in [9.17, 15) is 4.79 Å². The first-order chi connectivity index (χ1) is 7.45. The molecule has 90 valence electrons. The molecule has 0 unspecified atom stereocenters. The fraction of sp³-hybridized carbons (Fsp3) is 0.600. The highest BCUT2D eigenvalue weighted by molar-refractivity contribution is 6.31. The lowest BCUT2D eigenvalue weighted by atomic mass is 10.3. The molecule has 0 spiro atoms. The van der Waals surface area contributed by atoms with Crippen molar-refractivity contribution in [2.45, 2.75) is 13.5 Å². The summed E-state index contributed by atoms with van der Waals surface area (Å²) in [5.41, 5.74) is 1.69. The Bertz CT molecular complexity index is 390. The molecule has 0 radical (unpaired) electrons. The van der Waals surface area contributed by atoms with Gasteiger partial charge in [0.2, 0.25) is 0 Å². The number of hydrogen-bond acceptors (Lipinski definition) is 4. The van der Waals surface area contributed by atoms with E-state index < -0.39 is 0 Å². The van der Waals surface area contributed by atoms with Gasteiger partial charge in [0.05, 0.1) is 30.1 Å². The van der Waals surface area contributed by atoms with Gasteiger partial charge in [0.1, 0.15) is 0 Å². The van der Waals surface area contributed by atoms with Gasteiger partial charge in [0.25, 0.3) is 0 Å². The Labute approximate surface area is 99.9 Å². The first kappa shape index (κ1) is 13.0. The van der Waals surface area contributed by atoms with E-state index in [0.717, 1.165) is 11.4 Å². The standard InChI is InChI=1S/C10H16ClN3O2/c1-7-10(11)8(14(3)12-7)5-13(2)6-9(15)16-4/h5-6H2,1-4H3. The second-order valence-electron chi connectivity index (χ2n) is 3.72. The smallest absolute Gasteiger partial charge is 0.319 e. The Kier molecular flexibility index (Phi) is 4.32. The molecule has 0 fully saturated rings. The van der Waals surface area contributed by atoms with Crippen molar-refractivity contribution in [1.82, 2.24) is 14.7 Å². The van der Waals surface area contributed by atoms with Crippen LogP contribution < -0.4 is 0 Å². The Morgan fingerprint density at radius 1 is 1.62 bits per heavy atom. The van der Waals surface area contributed by atoms with Crippen LogP contribution in [0.1, 0.15) is 11.4 Å². The lowest BCUT2D eigenvalue weighted by Gasteiger charge is -2.15. The molecule has 1 heterocycles. The van der Waals surface area contributed by atoms with Gasteiger partial charge < -0.3 is 4.74 Å². The maximum Gasteiger partial charge on any atom is 0.319 e. The molecular formula is C10H16ClN3O2. The highest BCUT2D eigenvalue weighted by Crippen LogP contribution is 2.20. The van der Waals surface area contributed by atoms with E-state index in [1.807, 2.05) is 25.9 Å². The van der Waals surface area contributed by atoms with E-state index in [4.69, 9.17) is 11.6 Å². The highest BCUT2D eigenvalue weighted by Gasteiger charge is 2.14. The summed E-state index contributed by atoms with van der Waals surface area (Å²) in [7, 11) is 5.03. The van der Waals surface area contributed by atoms with Crippen molar-refractivity contribution in [1.29, 1.82) is 0 Å². The van der Waals surface area contributed by atoms with Gasteiger partial charge in [-0.3, -0.25) is 14.4 Å². The number of ether oxygens (including phenoxy) is 1. The molecule has 0 aliphatic carbocycles. The molecule has 0 saturated heterocycles. The van der Waals surface area contributed by atoms with Crippen LogP contribution >= 0.6 is 11.6 Å². The van der Waals surface area contributed by atoms with Crippen LogP contribution in [0.5, 0.6) is 0 Å². The van der Waals surface area contributed by atoms with Crippen molar-refractivity contribution >= 4 is 17.6 Å². The van der Waals surface area contributed by atoms with Gasteiger partial charge in [-0.15, -0.1) is 0 Å². The van der Waals surface area contributed by atoms with E-state index in [-0.39, 0.29) is 12.5 Å². The van der Waals surface area contributed by atoms with Crippen molar-refractivity contribution in [3.63, 3.8) is 0 Å². The van der Waals surface area contributed by atoms with Gasteiger partial charge in [0, 0.05) is 13.6 Å². The maximum atomic E-state index is 11.1. The molecule has 16 heavy (non-hydrogen) atoms. The zero-order valence-corrected chi connectivity index (χ0v) is 10.7. The third-order valence-corrected chi connectivity index (χ3v) is 2.80. The van der Waals surface area contributed by atoms with Gasteiger partial charge in [-0.2, -0.15) is 5.10 Å². The van der Waals surface area contributed by atoms with Crippen LogP contribution in [0.2, 0.25) is 5.02 Å². The molecule has 1 rings (SSSR count). The van der Waals surface area contributed by atoms with Crippen LogP contribution in [-0.2, 0) is 23.1 Å². The molecule has 0 amide bonds. The number of hydrogen-bond donors (Lipinski definition) is 0. The van der Waals surface area contributed by atoms with Crippen molar-refractivity contribution in [3.8, 4) is 0 Å². The lowest BCUT2D eigenvalue weighted by Crippen LogP contribution is -2.27. The Hall–Kier alpha value is -1.07. The van der Waals surface area contributed by atoms with Gasteiger partial charge in [-0.25, -0.2) is 0 Å². The lowest BCUT2D eigenvalue weighted by molar-refractivity contribution is -0.141. The van der Waals surface area contributed by atoms with Crippen LogP contribution in [-0.4, -0.2) is 41.4 Å². The number of methoxy groups -OCH3 is 1. The number of carbonyl (C=O) groups is 1. The van der Waals surface area contributed by atoms with Crippen LogP contribution in [0.15, 0.2) is 0 Å². The average Bonchev–Trinajstić information content (AvgIpc) is 2.45. The summed E-state index contributed by atoms with van der Waals surface area (Å²) in [6, 6.07) is 0. The first-order valence-corrected chi connectivity index (χ1v) is 5.26. The summed E-state index contributed by atoms with van der Waals surface area (Å²) in [5.74, 6) is -0.266. The Morgan fingerprint density at radius 3 is 2.69 bits per heavy atom. The minimum absolute atomic E-state index is 0.233. The minimum Gasteiger partial charge on any atom is -0.468 e. The molecule has 0 aliphatic rings. The largest absolute Gasteiger partial charge is 0.468 e. The second-order valence-corrected chi connectivity index (χ2v) is 4.10. The molecule has 0 bridgehead atoms. The highest BCUT2D eigenvalue weighted by atomic mass is 35.5. The molecule has 6 heteroatoms. The third-order valence-electron chi connectivity index (χ3n) is 2.31. The van der Waals surface area contributed by atoms with Crippen molar-refractivity contribution < 1.29 is 9.53 Å². The topological polar surface area (TPSA) is 47.4 Å². The van der Waals surface area contributed by atoms with Crippen LogP contribution in [0.25, 0.3) is 0 Å². The van der Waals surface area contributed by atoms with E-state index in [2.05, 4.69) is 9.84 Å². The fourth-order valence-corrected chi connectivity index (χ4v) is 1.67. The number of carbonyl (C=O) groups excluding carboxylic acids is 1. The van der Waals surface area contributed by atoms with E-state index in [1.165, 1.54) is 7.11 Å². The molecule has 5 nitrogen and oxygen atoms in total. The number of halogens is 1. The third kappa shape index (κ3) is 2.96. The SMILES string of the molecule is COC(=O)CN(C)Cc1c(Cl)c(C)nn1C. The van der Waals surface area contributed by atoms with Gasteiger partial charge in [-0.05, 0) is 14.0 Å². The van der Waals surface area contributed by atoms with Crippen molar-refractivity contribution in [2.24, 2.45) is 7.05 Å². The second kappa shape index (κ2) is 5.32. The molecule has 0 atom stereocenters. The van der Waals surface area contributed by atoms with E-state index in [0.29, 0.717) is 11.6 Å². The van der Waals surface area contributed by atoms with Gasteiger partial charge in [0.15, 0.2) is 0 Å². The zero-order chi connectivity index (χ0) is 12.3. The van der Waals surface area contributed by atoms with Crippen molar-refractivity contribution in [2.75, 3.05) is 20.7 Å². The Morgan fingerprint density at radius 2 is 2.25 bits per heavy atom. The van der Waals surface area contributed by atoms with Gasteiger partial charge in [-0.1, -0.05) is 11.6 Å². The normalized spacial score (nSPS) is 10.9. The number of rotatable bonds is 4. The summed E-state index contributed by atoms with van der Waals surface area (Å²) in [6.07, 6.45) is 0. The molecule has 0 saturated carbocycles. The summed E-state index contributed by atoms with van der Waals surface area (Å²) < 4.78 is 6.32. The van der Waals surface area contributed by atoms with E-state index in [1.54, 1.807) is 4.68 Å². The molecule has 0 aliphatic heterocycles. The monoisotopic (exact) mass is 245 g/mol. The number of esters is 1. The molecule has 0 aromatic carbocycles. The Balaban J connectivity index is 2.69. The molecular weight excluding hydrogens is 230 g/mol.